The van der Waals surface area contributed by atoms with Crippen molar-refractivity contribution < 1.29 is 17.9 Å². The molecule has 0 saturated carbocycles. The molecule has 3 aromatic carbocycles. The molecule has 32 heavy (non-hydrogen) atoms. The first-order valence-corrected chi connectivity index (χ1v) is 10.6. The van der Waals surface area contributed by atoms with Gasteiger partial charge in [-0.1, -0.05) is 18.2 Å². The fourth-order valence-corrected chi connectivity index (χ4v) is 4.22. The molecule has 1 aliphatic heterocycles. The van der Waals surface area contributed by atoms with E-state index in [1.165, 1.54) is 29.8 Å². The van der Waals surface area contributed by atoms with Gasteiger partial charge in [-0.25, -0.2) is 8.78 Å². The van der Waals surface area contributed by atoms with Gasteiger partial charge in [0.1, 0.15) is 17.4 Å². The highest BCUT2D eigenvalue weighted by Crippen LogP contribution is 2.35. The van der Waals surface area contributed by atoms with Gasteiger partial charge < -0.3 is 9.15 Å². The number of methoxy groups -OCH3 is 1. The standard InChI is InChI=1S/C27H23F2NO2/c1-31-26-15-18(14-22-16-25(32-27(22)26)21-4-8-24(29)9-5-21)17-30-12-10-20(11-13-30)19-2-6-23(28)7-3-19/h2-10,14-16H,11-13,17H2,1H3. The van der Waals surface area contributed by atoms with Crippen LogP contribution in [-0.2, 0) is 6.54 Å². The monoisotopic (exact) mass is 431 g/mol. The summed E-state index contributed by atoms with van der Waals surface area (Å²) < 4.78 is 38.1. The number of nitrogens with zero attached hydrogens (tertiary/aromatic N) is 1. The van der Waals surface area contributed by atoms with Gasteiger partial charge in [-0.3, -0.25) is 4.90 Å². The molecule has 0 saturated heterocycles. The van der Waals surface area contributed by atoms with Crippen molar-refractivity contribution >= 4 is 16.5 Å². The topological polar surface area (TPSA) is 25.6 Å². The van der Waals surface area contributed by atoms with Crippen molar-refractivity contribution in [2.75, 3.05) is 20.2 Å². The van der Waals surface area contributed by atoms with E-state index in [1.54, 1.807) is 19.2 Å². The SMILES string of the molecule is COc1cc(CN2CC=C(c3ccc(F)cc3)CC2)cc2cc(-c3ccc(F)cc3)oc12. The first-order chi connectivity index (χ1) is 15.6. The molecule has 0 radical (unpaired) electrons. The van der Waals surface area contributed by atoms with E-state index < -0.39 is 0 Å². The van der Waals surface area contributed by atoms with Gasteiger partial charge in [0, 0.05) is 30.6 Å². The minimum atomic E-state index is -0.275. The van der Waals surface area contributed by atoms with Gasteiger partial charge in [-0.05, 0) is 77.7 Å². The Kier molecular flexibility index (Phi) is 5.50. The molecule has 5 rings (SSSR count). The molecule has 162 valence electrons. The third-order valence-electron chi connectivity index (χ3n) is 5.91. The van der Waals surface area contributed by atoms with Crippen LogP contribution in [0, 0.1) is 11.6 Å². The van der Waals surface area contributed by atoms with Crippen molar-refractivity contribution in [1.29, 1.82) is 0 Å². The minimum Gasteiger partial charge on any atom is -0.493 e. The molecule has 5 heteroatoms. The molecule has 0 aliphatic carbocycles. The second-order valence-corrected chi connectivity index (χ2v) is 8.06. The molecular formula is C27H23F2NO2. The van der Waals surface area contributed by atoms with Crippen molar-refractivity contribution in [3.8, 4) is 17.1 Å². The fourth-order valence-electron chi connectivity index (χ4n) is 4.22. The highest BCUT2D eigenvalue weighted by molar-refractivity contribution is 5.88. The Morgan fingerprint density at radius 3 is 2.22 bits per heavy atom. The number of rotatable bonds is 5. The summed E-state index contributed by atoms with van der Waals surface area (Å²) in [6.07, 6.45) is 3.14. The first-order valence-electron chi connectivity index (χ1n) is 10.6. The van der Waals surface area contributed by atoms with Gasteiger partial charge in [-0.15, -0.1) is 0 Å². The summed E-state index contributed by atoms with van der Waals surface area (Å²) in [5.74, 6) is 0.881. The van der Waals surface area contributed by atoms with Crippen LogP contribution in [0.4, 0.5) is 8.78 Å². The lowest BCUT2D eigenvalue weighted by atomic mass is 9.99. The van der Waals surface area contributed by atoms with E-state index in [0.717, 1.165) is 48.1 Å². The lowest BCUT2D eigenvalue weighted by molar-refractivity contribution is 0.293. The Hall–Kier alpha value is -3.44. The van der Waals surface area contributed by atoms with Gasteiger partial charge in [-0.2, -0.15) is 0 Å². The quantitative estimate of drug-likeness (QED) is 0.353. The summed E-state index contributed by atoms with van der Waals surface area (Å²) in [4.78, 5) is 2.37. The molecular weight excluding hydrogens is 408 g/mol. The van der Waals surface area contributed by atoms with E-state index in [-0.39, 0.29) is 11.6 Å². The van der Waals surface area contributed by atoms with Gasteiger partial charge in [0.05, 0.1) is 7.11 Å². The maximum Gasteiger partial charge on any atom is 0.176 e. The van der Waals surface area contributed by atoms with E-state index in [2.05, 4.69) is 17.0 Å². The number of hydrogen-bond donors (Lipinski definition) is 0. The Labute approximate surface area is 185 Å². The second kappa shape index (κ2) is 8.60. The van der Waals surface area contributed by atoms with E-state index >= 15 is 0 Å². The van der Waals surface area contributed by atoms with E-state index in [1.807, 2.05) is 24.3 Å². The molecule has 3 nitrogen and oxygen atoms in total. The first kappa shape index (κ1) is 20.5. The predicted molar refractivity (Wildman–Crippen MR) is 122 cm³/mol. The highest BCUT2D eigenvalue weighted by atomic mass is 19.1. The molecule has 1 aliphatic rings. The van der Waals surface area contributed by atoms with Gasteiger partial charge in [0.2, 0.25) is 0 Å². The van der Waals surface area contributed by atoms with Crippen LogP contribution in [-0.4, -0.2) is 25.1 Å². The summed E-state index contributed by atoms with van der Waals surface area (Å²) in [6.45, 7) is 2.55. The van der Waals surface area contributed by atoms with Gasteiger partial charge in [0.15, 0.2) is 11.3 Å². The third kappa shape index (κ3) is 4.16. The van der Waals surface area contributed by atoms with Crippen molar-refractivity contribution in [1.82, 2.24) is 4.90 Å². The van der Waals surface area contributed by atoms with E-state index in [9.17, 15) is 8.78 Å². The van der Waals surface area contributed by atoms with E-state index in [4.69, 9.17) is 9.15 Å². The number of furan rings is 1. The average Bonchev–Trinajstić information content (AvgIpc) is 3.24. The van der Waals surface area contributed by atoms with Crippen LogP contribution >= 0.6 is 0 Å². The second-order valence-electron chi connectivity index (χ2n) is 8.06. The Bertz CT molecular complexity index is 1270. The summed E-state index contributed by atoms with van der Waals surface area (Å²) >= 11 is 0. The molecule has 0 fully saturated rings. The van der Waals surface area contributed by atoms with Gasteiger partial charge >= 0.3 is 0 Å². The zero-order valence-electron chi connectivity index (χ0n) is 17.8. The zero-order chi connectivity index (χ0) is 22.1. The Balaban J connectivity index is 1.36. The third-order valence-corrected chi connectivity index (χ3v) is 5.91. The number of halogens is 2. The Morgan fingerprint density at radius 2 is 1.59 bits per heavy atom. The lowest BCUT2D eigenvalue weighted by Crippen LogP contribution is -2.28. The fraction of sp³-hybridized carbons (Fsp3) is 0.185. The van der Waals surface area contributed by atoms with Gasteiger partial charge in [0.25, 0.3) is 0 Å². The van der Waals surface area contributed by atoms with Crippen LogP contribution in [0.2, 0.25) is 0 Å². The van der Waals surface area contributed by atoms with E-state index in [0.29, 0.717) is 17.1 Å². The molecule has 1 aromatic heterocycles. The number of benzene rings is 3. The number of ether oxygens (including phenoxy) is 1. The van der Waals surface area contributed by atoms with Crippen LogP contribution in [0.1, 0.15) is 17.5 Å². The largest absolute Gasteiger partial charge is 0.493 e. The average molecular weight is 431 g/mol. The number of hydrogen-bond acceptors (Lipinski definition) is 3. The molecule has 0 amide bonds. The molecule has 0 atom stereocenters. The van der Waals surface area contributed by atoms with Crippen LogP contribution in [0.15, 0.2) is 77.2 Å². The maximum absolute atomic E-state index is 13.3. The zero-order valence-corrected chi connectivity index (χ0v) is 17.8. The maximum atomic E-state index is 13.3. The lowest BCUT2D eigenvalue weighted by Gasteiger charge is -2.26. The predicted octanol–water partition coefficient (Wildman–Crippen LogP) is 6.68. The molecule has 2 heterocycles. The summed E-state index contributed by atoms with van der Waals surface area (Å²) in [5, 5.41) is 0.957. The number of fused-ring (bicyclic) bond motifs is 1. The molecule has 4 aromatic rings. The van der Waals surface area contributed by atoms with Crippen LogP contribution < -0.4 is 4.74 Å². The normalized spacial score (nSPS) is 14.5. The summed E-state index contributed by atoms with van der Waals surface area (Å²) in [5.41, 5.74) is 4.99. The van der Waals surface area contributed by atoms with Crippen molar-refractivity contribution in [3.63, 3.8) is 0 Å². The summed E-state index contributed by atoms with van der Waals surface area (Å²) in [6, 6.07) is 19.1. The smallest absolute Gasteiger partial charge is 0.176 e. The highest BCUT2D eigenvalue weighted by Gasteiger charge is 2.17. The van der Waals surface area contributed by atoms with Crippen molar-refractivity contribution in [2.24, 2.45) is 0 Å². The summed E-state index contributed by atoms with van der Waals surface area (Å²) in [7, 11) is 1.64. The molecule has 0 N–H and O–H groups in total. The minimum absolute atomic E-state index is 0.210. The van der Waals surface area contributed by atoms with Crippen molar-refractivity contribution in [3.05, 3.63) is 95.6 Å². The Morgan fingerprint density at radius 1 is 0.906 bits per heavy atom. The van der Waals surface area contributed by atoms with Crippen LogP contribution in [0.5, 0.6) is 5.75 Å². The van der Waals surface area contributed by atoms with Crippen LogP contribution in [0.25, 0.3) is 27.9 Å². The van der Waals surface area contributed by atoms with Crippen LogP contribution in [0.3, 0.4) is 0 Å². The van der Waals surface area contributed by atoms with Crippen molar-refractivity contribution in [2.45, 2.75) is 13.0 Å². The molecule has 0 unspecified atom stereocenters. The molecule has 0 bridgehead atoms. The molecule has 0 spiro atoms.